The molecule has 0 aromatic carbocycles. The normalized spacial score (nSPS) is 27.2. The van der Waals surface area contributed by atoms with Crippen LogP contribution in [-0.2, 0) is 8.89 Å². The van der Waals surface area contributed by atoms with Crippen LogP contribution in [0.5, 0.6) is 0 Å². The molecule has 1 saturated heterocycles. The van der Waals surface area contributed by atoms with Crippen LogP contribution in [0.4, 0.5) is 0 Å². The number of hydrogen-bond donors (Lipinski definition) is 0. The third-order valence-electron chi connectivity index (χ3n) is 1.93. The van der Waals surface area contributed by atoms with E-state index in [0.29, 0.717) is 0 Å². The van der Waals surface area contributed by atoms with Crippen LogP contribution in [0.1, 0.15) is 6.42 Å². The fraction of sp³-hybridized carbons (Fsp3) is 1.00. The first-order valence-corrected chi connectivity index (χ1v) is 13.4. The molecule has 0 saturated carbocycles. The van der Waals surface area contributed by atoms with E-state index in [9.17, 15) is 4.46 Å². The molecule has 11 heavy (non-hydrogen) atoms. The average molecular weight is 204 g/mol. The van der Waals surface area contributed by atoms with Crippen molar-refractivity contribution >= 4 is 23.9 Å². The maximum Gasteiger partial charge on any atom is 0.282 e. The van der Waals surface area contributed by atoms with Gasteiger partial charge >= 0.3 is 0 Å². The topological polar surface area (TPSA) is 26.3 Å². The van der Waals surface area contributed by atoms with Gasteiger partial charge in [0.2, 0.25) is 8.08 Å². The maximum atomic E-state index is 11.6. The Kier molecular flexibility index (Phi) is 2.96. The third-order valence-corrected chi connectivity index (χ3v) is 24.5. The van der Waals surface area contributed by atoms with E-state index in [1.165, 1.54) is 0 Å². The van der Waals surface area contributed by atoms with Gasteiger partial charge in [0.05, 0.1) is 7.59 Å². The van der Waals surface area contributed by atoms with Crippen molar-refractivity contribution in [2.75, 3.05) is 6.61 Å². The van der Waals surface area contributed by atoms with Crippen LogP contribution in [0.3, 0.4) is 0 Å². The second-order valence-corrected chi connectivity index (χ2v) is 23.5. The standard InChI is InChI=1S/C6H16O2Si3/c1-11(2,3)10-8-5-4-6-9(10)7/h10H,4-6H2,1-3H3. The lowest BCUT2D eigenvalue weighted by atomic mass is 10.5. The zero-order chi connectivity index (χ0) is 8.48. The Hall–Kier alpha value is 0.411. The Bertz CT molecular complexity index is 164. The minimum atomic E-state index is -1.26. The number of rotatable bonds is 1. The molecule has 0 amide bonds. The van der Waals surface area contributed by atoms with Crippen molar-refractivity contribution in [1.82, 2.24) is 0 Å². The first-order valence-electron chi connectivity index (χ1n) is 4.16. The highest BCUT2D eigenvalue weighted by Gasteiger charge is 2.39. The average Bonchev–Trinajstić information content (AvgIpc) is 1.86. The molecule has 1 aliphatic heterocycles. The second-order valence-electron chi connectivity index (χ2n) is 4.19. The van der Waals surface area contributed by atoms with Gasteiger partial charge in [-0.05, 0) is 12.5 Å². The van der Waals surface area contributed by atoms with E-state index in [4.69, 9.17) is 4.43 Å². The second kappa shape index (κ2) is 3.42. The van der Waals surface area contributed by atoms with Crippen molar-refractivity contribution in [3.63, 3.8) is 0 Å². The van der Waals surface area contributed by atoms with Crippen LogP contribution in [0, 0.1) is 0 Å². The highest BCUT2D eigenvalue weighted by molar-refractivity contribution is 7.50. The molecule has 5 heteroatoms. The van der Waals surface area contributed by atoms with E-state index in [1.807, 2.05) is 0 Å². The largest absolute Gasteiger partial charge is 0.419 e. The van der Waals surface area contributed by atoms with Crippen molar-refractivity contribution in [3.8, 4) is 0 Å². The predicted octanol–water partition coefficient (Wildman–Crippen LogP) is 1.05. The van der Waals surface area contributed by atoms with E-state index >= 15 is 0 Å². The Morgan fingerprint density at radius 2 is 2.09 bits per heavy atom. The fourth-order valence-electron chi connectivity index (χ4n) is 1.40. The van der Waals surface area contributed by atoms with E-state index in [1.54, 1.807) is 0 Å². The molecule has 1 heterocycles. The molecule has 1 unspecified atom stereocenters. The summed E-state index contributed by atoms with van der Waals surface area (Å²) < 4.78 is 17.3. The van der Waals surface area contributed by atoms with Gasteiger partial charge < -0.3 is 8.89 Å². The first kappa shape index (κ1) is 9.50. The summed E-state index contributed by atoms with van der Waals surface area (Å²) in [7, 11) is -3.65. The van der Waals surface area contributed by atoms with E-state index in [0.717, 1.165) is 19.1 Å². The van der Waals surface area contributed by atoms with Gasteiger partial charge in [-0.25, -0.2) is 0 Å². The van der Waals surface area contributed by atoms with Gasteiger partial charge in [-0.3, -0.25) is 0 Å². The van der Waals surface area contributed by atoms with Crippen LogP contribution in [-0.4, -0.2) is 30.5 Å². The molecule has 1 atom stereocenters. The Morgan fingerprint density at radius 1 is 1.45 bits per heavy atom. The number of hydrogen-bond acceptors (Lipinski definition) is 2. The fourth-order valence-corrected chi connectivity index (χ4v) is 21.3. The third kappa shape index (κ3) is 2.43. The summed E-state index contributed by atoms with van der Waals surface area (Å²) in [4.78, 5) is 0. The smallest absolute Gasteiger partial charge is 0.282 e. The lowest BCUT2D eigenvalue weighted by molar-refractivity contribution is 0.324. The van der Waals surface area contributed by atoms with Gasteiger partial charge in [0.15, 0.2) is 0 Å². The molecule has 0 aromatic rings. The molecule has 64 valence electrons. The Morgan fingerprint density at radius 3 is 2.45 bits per heavy atom. The summed E-state index contributed by atoms with van der Waals surface area (Å²) >= 11 is 0. The Labute approximate surface area is 71.9 Å². The highest BCUT2D eigenvalue weighted by Crippen LogP contribution is 2.15. The van der Waals surface area contributed by atoms with Crippen molar-refractivity contribution in [1.29, 1.82) is 0 Å². The summed E-state index contributed by atoms with van der Waals surface area (Å²) in [6.07, 6.45) is 1.03. The zero-order valence-corrected chi connectivity index (χ0v) is 10.7. The summed E-state index contributed by atoms with van der Waals surface area (Å²) in [6.45, 7) is 7.75. The van der Waals surface area contributed by atoms with E-state index in [-0.39, 0.29) is 0 Å². The molecular weight excluding hydrogens is 188 g/mol. The zero-order valence-electron chi connectivity index (χ0n) is 7.52. The molecule has 0 aliphatic carbocycles. The van der Waals surface area contributed by atoms with Gasteiger partial charge in [-0.1, -0.05) is 19.6 Å². The monoisotopic (exact) mass is 204 g/mol. The molecule has 0 bridgehead atoms. The molecule has 0 N–H and O–H groups in total. The molecule has 2 nitrogen and oxygen atoms in total. The van der Waals surface area contributed by atoms with Gasteiger partial charge in [-0.15, -0.1) is 0 Å². The quantitative estimate of drug-likeness (QED) is 0.597. The maximum absolute atomic E-state index is 11.6. The SMILES string of the molecule is C[Si](C)(C)[SiH]1OCCC[Si]1=O. The van der Waals surface area contributed by atoms with Crippen molar-refractivity contribution in [2.45, 2.75) is 32.1 Å². The van der Waals surface area contributed by atoms with Gasteiger partial charge in [0.1, 0.15) is 0 Å². The van der Waals surface area contributed by atoms with Crippen LogP contribution < -0.4 is 0 Å². The van der Waals surface area contributed by atoms with Gasteiger partial charge in [0, 0.05) is 6.61 Å². The van der Waals surface area contributed by atoms with Gasteiger partial charge in [-0.2, -0.15) is 0 Å². The lowest BCUT2D eigenvalue weighted by Gasteiger charge is -2.28. The summed E-state index contributed by atoms with van der Waals surface area (Å²) in [5, 5.41) is 0. The summed E-state index contributed by atoms with van der Waals surface area (Å²) in [6, 6.07) is 0.978. The van der Waals surface area contributed by atoms with Crippen LogP contribution in [0.25, 0.3) is 0 Å². The van der Waals surface area contributed by atoms with Crippen LogP contribution >= 0.6 is 0 Å². The molecule has 0 radical (unpaired) electrons. The summed E-state index contributed by atoms with van der Waals surface area (Å²) in [5.74, 6) is 0. The summed E-state index contributed by atoms with van der Waals surface area (Å²) in [5.41, 5.74) is 0. The molecule has 0 aromatic heterocycles. The van der Waals surface area contributed by atoms with Crippen molar-refractivity contribution < 1.29 is 8.89 Å². The van der Waals surface area contributed by atoms with E-state index < -0.39 is 23.9 Å². The first-order chi connectivity index (χ1) is 5.02. The Balaban J connectivity index is 2.62. The molecule has 1 fully saturated rings. The highest BCUT2D eigenvalue weighted by atomic mass is 29.6. The minimum Gasteiger partial charge on any atom is -0.419 e. The molecule has 1 aliphatic rings. The minimum absolute atomic E-state index is 0.886. The molecular formula is C6H16O2Si3. The van der Waals surface area contributed by atoms with Crippen molar-refractivity contribution in [3.05, 3.63) is 0 Å². The van der Waals surface area contributed by atoms with Crippen LogP contribution in [0.15, 0.2) is 0 Å². The molecule has 0 spiro atoms. The van der Waals surface area contributed by atoms with Crippen molar-refractivity contribution in [2.24, 2.45) is 0 Å². The predicted molar refractivity (Wildman–Crippen MR) is 52.3 cm³/mol. The molecule has 1 rings (SSSR count). The van der Waals surface area contributed by atoms with Crippen LogP contribution in [0.2, 0.25) is 25.7 Å². The van der Waals surface area contributed by atoms with E-state index in [2.05, 4.69) is 19.6 Å². The van der Waals surface area contributed by atoms with Gasteiger partial charge in [0.25, 0.3) is 8.20 Å². The lowest BCUT2D eigenvalue weighted by Crippen LogP contribution is -2.54.